The molecule has 0 saturated heterocycles. The molecule has 0 aliphatic heterocycles. The average molecular weight is 459 g/mol. The molecular weight excluding hydrogens is 443 g/mol. The van der Waals surface area contributed by atoms with Crippen molar-refractivity contribution in [3.8, 4) is 0 Å². The molecule has 6 N–H and O–H groups in total. The van der Waals surface area contributed by atoms with Gasteiger partial charge in [0.25, 0.3) is 0 Å². The Balaban J connectivity index is -0.0000000143. The lowest BCUT2D eigenvalue weighted by Gasteiger charge is -1.42. The van der Waals surface area contributed by atoms with E-state index in [1.54, 1.807) is 0 Å². The van der Waals surface area contributed by atoms with Crippen LogP contribution < -0.4 is 12.3 Å². The second kappa shape index (κ2) is 97.7. The molecule has 0 aromatic heterocycles. The zero-order valence-electron chi connectivity index (χ0n) is 8.73. The van der Waals surface area contributed by atoms with Gasteiger partial charge in [0, 0.05) is 0 Å². The highest BCUT2D eigenvalue weighted by Crippen LogP contribution is 1.74. The Hall–Kier alpha value is 2.82. The number of hydrogen-bond donors (Lipinski definition) is 2. The molecular formula is C5H16Cl10N2. The van der Waals surface area contributed by atoms with Crippen LogP contribution >= 0.6 is 116 Å². The normalized spacial score (nSPS) is 5.29. The van der Waals surface area contributed by atoms with Crippen molar-refractivity contribution >= 4 is 116 Å². The summed E-state index contributed by atoms with van der Waals surface area (Å²) >= 11 is 47.6. The first-order valence-electron chi connectivity index (χ1n) is 2.67. The predicted octanol–water partition coefficient (Wildman–Crippen LogP) is 7.43. The van der Waals surface area contributed by atoms with E-state index in [0.29, 0.717) is 0 Å². The Bertz CT molecular complexity index is 34.3. The maximum Gasteiger partial charge on any atom is 0.0967 e. The topological polar surface area (TPSA) is 70.0 Å². The highest BCUT2D eigenvalue weighted by atomic mass is 35.5. The molecule has 17 heavy (non-hydrogen) atoms. The summed E-state index contributed by atoms with van der Waals surface area (Å²) in [6, 6.07) is 0. The van der Waals surface area contributed by atoms with Gasteiger partial charge < -0.3 is 12.3 Å². The van der Waals surface area contributed by atoms with Gasteiger partial charge in [0.05, 0.1) is 26.7 Å². The minimum Gasteiger partial charge on any atom is -0.344 e. The van der Waals surface area contributed by atoms with E-state index in [1.165, 1.54) is 0 Å². The van der Waals surface area contributed by atoms with Crippen LogP contribution in [0.5, 0.6) is 0 Å². The second-order valence-electron chi connectivity index (χ2n) is 0.505. The van der Waals surface area contributed by atoms with Gasteiger partial charge in [-0.3, -0.25) is 0 Å². The molecule has 0 atom stereocenters. The smallest absolute Gasteiger partial charge is 0.0967 e. The third-order valence-corrected chi connectivity index (χ3v) is 0. The minimum atomic E-state index is 0. The van der Waals surface area contributed by atoms with E-state index in [0.717, 1.165) is 0 Å². The van der Waals surface area contributed by atoms with E-state index >= 15 is 0 Å². The van der Waals surface area contributed by atoms with Crippen LogP contribution in [0.25, 0.3) is 0 Å². The summed E-state index contributed by atoms with van der Waals surface area (Å²) < 4.78 is 0. The van der Waals surface area contributed by atoms with E-state index in [2.05, 4.69) is 0 Å². The zero-order chi connectivity index (χ0) is 13.5. The molecule has 0 spiro atoms. The Morgan fingerprint density at radius 1 is 0.294 bits per heavy atom. The predicted molar refractivity (Wildman–Crippen MR) is 92.9 cm³/mol. The first kappa shape index (κ1) is 42.7. The van der Waals surface area contributed by atoms with Crippen molar-refractivity contribution in [1.82, 2.24) is 12.3 Å². The molecule has 0 unspecified atom stereocenters. The van der Waals surface area contributed by atoms with Crippen molar-refractivity contribution in [2.24, 2.45) is 0 Å². The fraction of sp³-hybridized carbons (Fsp3) is 1.00. The Morgan fingerprint density at radius 3 is 0.294 bits per heavy atom. The summed E-state index contributed by atoms with van der Waals surface area (Å²) in [6.45, 7) is 0. The Morgan fingerprint density at radius 2 is 0.294 bits per heavy atom. The van der Waals surface area contributed by atoms with Crippen molar-refractivity contribution in [2.75, 3.05) is 26.7 Å². The van der Waals surface area contributed by atoms with Crippen LogP contribution in [0.4, 0.5) is 0 Å². The summed E-state index contributed by atoms with van der Waals surface area (Å²) in [5, 5.41) is 0.972. The minimum absolute atomic E-state index is 0. The standard InChI is InChI=1S/5CH2Cl2.2H3N/c5*2-1-3;;/h5*1H2;2*1H3. The molecule has 0 aromatic carbocycles. The van der Waals surface area contributed by atoms with Crippen molar-refractivity contribution < 1.29 is 0 Å². The van der Waals surface area contributed by atoms with Gasteiger partial charge in [0.1, 0.15) is 0 Å². The lowest BCUT2D eigenvalue weighted by molar-refractivity contribution is 2.13. The quantitative estimate of drug-likeness (QED) is 0.370. The molecule has 0 rings (SSSR count). The summed E-state index contributed by atoms with van der Waals surface area (Å²) in [6.07, 6.45) is 0. The van der Waals surface area contributed by atoms with Crippen molar-refractivity contribution in [3.63, 3.8) is 0 Å². The summed E-state index contributed by atoms with van der Waals surface area (Å²) in [7, 11) is 0. The molecule has 0 saturated carbocycles. The first-order valence-corrected chi connectivity index (χ1v) is 8.02. The highest BCUT2D eigenvalue weighted by Gasteiger charge is 1.42. The molecule has 0 aliphatic rings. The Labute approximate surface area is 154 Å². The fourth-order valence-corrected chi connectivity index (χ4v) is 0. The van der Waals surface area contributed by atoms with E-state index in [4.69, 9.17) is 116 Å². The number of hydrogen-bond acceptors (Lipinski definition) is 2. The molecule has 12 heteroatoms. The van der Waals surface area contributed by atoms with Gasteiger partial charge in [0.2, 0.25) is 0 Å². The third kappa shape index (κ3) is 670. The van der Waals surface area contributed by atoms with Gasteiger partial charge in [-0.15, -0.1) is 116 Å². The van der Waals surface area contributed by atoms with Crippen LogP contribution in [0.3, 0.4) is 0 Å². The lowest BCUT2D eigenvalue weighted by Crippen LogP contribution is -1.24. The molecule has 0 amide bonds. The fourth-order valence-electron chi connectivity index (χ4n) is 0. The second-order valence-corrected chi connectivity index (χ2v) is 4.55. The van der Waals surface area contributed by atoms with Gasteiger partial charge in [-0.05, 0) is 0 Å². The van der Waals surface area contributed by atoms with Crippen molar-refractivity contribution in [1.29, 1.82) is 0 Å². The summed E-state index contributed by atoms with van der Waals surface area (Å²) in [4.78, 5) is 0. The van der Waals surface area contributed by atoms with E-state index in [1.807, 2.05) is 0 Å². The van der Waals surface area contributed by atoms with E-state index in [-0.39, 0.29) is 39.0 Å². The lowest BCUT2D eigenvalue weighted by atomic mass is 11.9. The van der Waals surface area contributed by atoms with Gasteiger partial charge in [-0.1, -0.05) is 0 Å². The van der Waals surface area contributed by atoms with Crippen LogP contribution in [0.1, 0.15) is 0 Å². The average Bonchev–Trinajstić information content (AvgIpc) is 2.09. The maximum atomic E-state index is 4.76. The summed E-state index contributed by atoms with van der Waals surface area (Å²) in [5.74, 6) is 0. The van der Waals surface area contributed by atoms with Crippen LogP contribution in [-0.2, 0) is 0 Å². The zero-order valence-corrected chi connectivity index (χ0v) is 16.3. The molecule has 0 aliphatic carbocycles. The molecule has 0 radical (unpaired) electrons. The number of alkyl halides is 10. The van der Waals surface area contributed by atoms with E-state index in [9.17, 15) is 0 Å². The van der Waals surface area contributed by atoms with Crippen LogP contribution in [-0.4, -0.2) is 26.7 Å². The van der Waals surface area contributed by atoms with Crippen LogP contribution in [0.15, 0.2) is 0 Å². The van der Waals surface area contributed by atoms with Crippen LogP contribution in [0, 0.1) is 0 Å². The molecule has 2 nitrogen and oxygen atoms in total. The number of rotatable bonds is 0. The summed E-state index contributed by atoms with van der Waals surface area (Å²) in [5.41, 5.74) is 0. The molecule has 0 heterocycles. The molecule has 116 valence electrons. The first-order chi connectivity index (χ1) is 7.07. The third-order valence-electron chi connectivity index (χ3n) is 0. The largest absolute Gasteiger partial charge is 0.344 e. The molecule has 0 fully saturated rings. The Kier molecular flexibility index (Phi) is 246. The van der Waals surface area contributed by atoms with Gasteiger partial charge in [-0.25, -0.2) is 0 Å². The van der Waals surface area contributed by atoms with Crippen molar-refractivity contribution in [2.45, 2.75) is 0 Å². The van der Waals surface area contributed by atoms with Gasteiger partial charge in [0.15, 0.2) is 0 Å². The van der Waals surface area contributed by atoms with Crippen molar-refractivity contribution in [3.05, 3.63) is 0 Å². The maximum absolute atomic E-state index is 4.76. The SMILES string of the molecule is ClCCl.ClCCl.ClCCl.ClCCl.ClCCl.N.N. The van der Waals surface area contributed by atoms with E-state index < -0.39 is 0 Å². The van der Waals surface area contributed by atoms with Gasteiger partial charge in [-0.2, -0.15) is 0 Å². The molecule has 0 bridgehead atoms. The monoisotopic (exact) mass is 454 g/mol. The van der Waals surface area contributed by atoms with Crippen LogP contribution in [0.2, 0.25) is 0 Å². The van der Waals surface area contributed by atoms with Gasteiger partial charge >= 0.3 is 0 Å². The highest BCUT2D eigenvalue weighted by molar-refractivity contribution is 6.41. The molecule has 0 aromatic rings. The number of halogens is 10.